The Hall–Kier alpha value is -1.47. The van der Waals surface area contributed by atoms with Crippen molar-refractivity contribution in [3.63, 3.8) is 0 Å². The summed E-state index contributed by atoms with van der Waals surface area (Å²) in [6, 6.07) is 5.21. The number of thioether (sulfide) groups is 1. The van der Waals surface area contributed by atoms with E-state index in [2.05, 4.69) is 15.3 Å². The summed E-state index contributed by atoms with van der Waals surface area (Å²) < 4.78 is 38.1. The van der Waals surface area contributed by atoms with Crippen LogP contribution in [0.3, 0.4) is 0 Å². The average molecular weight is 301 g/mol. The molecule has 0 amide bonds. The third-order valence-corrected chi connectivity index (χ3v) is 3.82. The van der Waals surface area contributed by atoms with Gasteiger partial charge in [-0.3, -0.25) is 0 Å². The quantitative estimate of drug-likeness (QED) is 0.831. The number of nitrogens with zero attached hydrogens (tertiary/aromatic N) is 1. The zero-order valence-corrected chi connectivity index (χ0v) is 11.6. The first-order valence-electron chi connectivity index (χ1n) is 5.97. The Morgan fingerprint density at radius 3 is 2.80 bits per heavy atom. The van der Waals surface area contributed by atoms with Gasteiger partial charge in [-0.05, 0) is 24.7 Å². The van der Waals surface area contributed by atoms with E-state index in [-0.39, 0.29) is 6.04 Å². The fourth-order valence-electron chi connectivity index (χ4n) is 1.77. The number of hydrogen-bond donors (Lipinski definition) is 2. The zero-order chi connectivity index (χ0) is 14.6. The Kier molecular flexibility index (Phi) is 4.72. The highest BCUT2D eigenvalue weighted by Crippen LogP contribution is 2.31. The number of aromatic amines is 1. The monoisotopic (exact) mass is 301 g/mol. The number of imidazole rings is 1. The van der Waals surface area contributed by atoms with Crippen molar-refractivity contribution in [3.05, 3.63) is 47.8 Å². The van der Waals surface area contributed by atoms with Gasteiger partial charge in [0.1, 0.15) is 0 Å². The van der Waals surface area contributed by atoms with Crippen molar-refractivity contribution >= 4 is 11.8 Å². The largest absolute Gasteiger partial charge is 0.416 e. The lowest BCUT2D eigenvalue weighted by molar-refractivity contribution is -0.137. The minimum absolute atomic E-state index is 0.174. The van der Waals surface area contributed by atoms with Gasteiger partial charge in [-0.25, -0.2) is 4.98 Å². The molecule has 0 radical (unpaired) electrons. The number of halogens is 3. The number of nitrogens with one attached hydrogen (secondary N) is 2. The summed E-state index contributed by atoms with van der Waals surface area (Å²) in [5.74, 6) is 0.589. The first kappa shape index (κ1) is 14.9. The maximum Gasteiger partial charge on any atom is 0.416 e. The molecule has 2 N–H and O–H groups in total. The molecule has 2 rings (SSSR count). The molecule has 0 aliphatic heterocycles. The Balaban J connectivity index is 2.11. The van der Waals surface area contributed by atoms with E-state index in [9.17, 15) is 13.2 Å². The van der Waals surface area contributed by atoms with Crippen molar-refractivity contribution in [3.8, 4) is 0 Å². The molecule has 20 heavy (non-hydrogen) atoms. The van der Waals surface area contributed by atoms with E-state index >= 15 is 0 Å². The highest BCUT2D eigenvalue weighted by Gasteiger charge is 2.30. The molecule has 1 aromatic heterocycles. The van der Waals surface area contributed by atoms with Gasteiger partial charge in [0.25, 0.3) is 0 Å². The number of aromatic nitrogens is 2. The summed E-state index contributed by atoms with van der Waals surface area (Å²) in [6.45, 7) is 0. The lowest BCUT2D eigenvalue weighted by atomic mass is 10.1. The number of H-pyrrole nitrogens is 1. The lowest BCUT2D eigenvalue weighted by Gasteiger charge is -2.17. The van der Waals surface area contributed by atoms with Crippen molar-refractivity contribution in [2.24, 2.45) is 0 Å². The van der Waals surface area contributed by atoms with Gasteiger partial charge in [-0.1, -0.05) is 23.9 Å². The van der Waals surface area contributed by atoms with Gasteiger partial charge in [0.05, 0.1) is 5.56 Å². The van der Waals surface area contributed by atoms with Crippen molar-refractivity contribution in [1.29, 1.82) is 0 Å². The molecule has 1 unspecified atom stereocenters. The fraction of sp³-hybridized carbons (Fsp3) is 0.308. The smallest absolute Gasteiger partial charge is 0.340 e. The Morgan fingerprint density at radius 2 is 2.20 bits per heavy atom. The summed E-state index contributed by atoms with van der Waals surface area (Å²) in [7, 11) is 1.73. The summed E-state index contributed by atoms with van der Waals surface area (Å²) >= 11 is 1.46. The molecule has 108 valence electrons. The molecule has 0 aliphatic carbocycles. The first-order chi connectivity index (χ1) is 9.50. The molecule has 1 heterocycles. The molecular formula is C13H14F3N3S. The minimum Gasteiger partial charge on any atom is -0.340 e. The summed E-state index contributed by atoms with van der Waals surface area (Å²) in [5.41, 5.74) is -0.0142. The van der Waals surface area contributed by atoms with Crippen LogP contribution >= 0.6 is 11.8 Å². The summed E-state index contributed by atoms with van der Waals surface area (Å²) in [6.07, 6.45) is -0.968. The van der Waals surface area contributed by atoms with E-state index in [1.807, 2.05) is 0 Å². The van der Waals surface area contributed by atoms with Crippen LogP contribution in [0, 0.1) is 0 Å². The van der Waals surface area contributed by atoms with Crippen LogP contribution in [0.2, 0.25) is 0 Å². The summed E-state index contributed by atoms with van der Waals surface area (Å²) in [4.78, 5) is 7.02. The zero-order valence-electron chi connectivity index (χ0n) is 10.7. The van der Waals surface area contributed by atoms with Crippen LogP contribution in [-0.4, -0.2) is 22.8 Å². The second-order valence-corrected chi connectivity index (χ2v) is 5.18. The Bertz CT molecular complexity index is 540. The fourth-order valence-corrected chi connectivity index (χ4v) is 2.74. The van der Waals surface area contributed by atoms with Crippen molar-refractivity contribution < 1.29 is 13.2 Å². The molecule has 0 saturated carbocycles. The molecule has 2 aromatic rings. The first-order valence-corrected chi connectivity index (χ1v) is 6.96. The summed E-state index contributed by atoms with van der Waals surface area (Å²) in [5, 5.41) is 3.78. The van der Waals surface area contributed by atoms with E-state index in [0.29, 0.717) is 11.3 Å². The highest BCUT2D eigenvalue weighted by atomic mass is 32.2. The SMILES string of the molecule is CNC(CSc1ncc[nH]1)c1cccc(C(F)(F)F)c1. The van der Waals surface area contributed by atoms with Crippen LogP contribution in [0.5, 0.6) is 0 Å². The number of benzene rings is 1. The van der Waals surface area contributed by atoms with Gasteiger partial charge >= 0.3 is 6.18 Å². The van der Waals surface area contributed by atoms with Gasteiger partial charge in [-0.2, -0.15) is 13.2 Å². The number of rotatable bonds is 5. The average Bonchev–Trinajstić information content (AvgIpc) is 2.92. The number of alkyl halides is 3. The molecule has 0 aliphatic rings. The van der Waals surface area contributed by atoms with Gasteiger partial charge in [-0.15, -0.1) is 0 Å². The third-order valence-electron chi connectivity index (χ3n) is 2.82. The van der Waals surface area contributed by atoms with Crippen LogP contribution in [-0.2, 0) is 6.18 Å². The van der Waals surface area contributed by atoms with Gasteiger partial charge in [0.2, 0.25) is 0 Å². The van der Waals surface area contributed by atoms with E-state index in [1.54, 1.807) is 25.5 Å². The molecule has 1 atom stereocenters. The normalized spacial score (nSPS) is 13.4. The molecule has 0 bridgehead atoms. The van der Waals surface area contributed by atoms with E-state index in [4.69, 9.17) is 0 Å². The molecule has 3 nitrogen and oxygen atoms in total. The molecule has 0 spiro atoms. The van der Waals surface area contributed by atoms with Crippen molar-refractivity contribution in [2.45, 2.75) is 17.4 Å². The maximum absolute atomic E-state index is 12.7. The Morgan fingerprint density at radius 1 is 1.40 bits per heavy atom. The Labute approximate surface area is 119 Å². The third kappa shape index (κ3) is 3.77. The van der Waals surface area contributed by atoms with Crippen LogP contribution < -0.4 is 5.32 Å². The second-order valence-electron chi connectivity index (χ2n) is 4.17. The van der Waals surface area contributed by atoms with Gasteiger partial charge in [0, 0.05) is 24.2 Å². The van der Waals surface area contributed by atoms with Gasteiger partial charge < -0.3 is 10.3 Å². The minimum atomic E-state index is -4.32. The van der Waals surface area contributed by atoms with E-state index in [0.717, 1.165) is 11.2 Å². The lowest BCUT2D eigenvalue weighted by Crippen LogP contribution is -2.19. The van der Waals surface area contributed by atoms with E-state index in [1.165, 1.54) is 23.9 Å². The standard InChI is InChI=1S/C13H14F3N3S/c1-17-11(8-20-12-18-5-6-19-12)9-3-2-4-10(7-9)13(14,15)16/h2-7,11,17H,8H2,1H3,(H,18,19). The van der Waals surface area contributed by atoms with Crippen molar-refractivity contribution in [1.82, 2.24) is 15.3 Å². The highest BCUT2D eigenvalue weighted by molar-refractivity contribution is 7.99. The van der Waals surface area contributed by atoms with Crippen LogP contribution in [0.1, 0.15) is 17.2 Å². The van der Waals surface area contributed by atoms with Crippen molar-refractivity contribution in [2.75, 3.05) is 12.8 Å². The number of hydrogen-bond acceptors (Lipinski definition) is 3. The van der Waals surface area contributed by atoms with E-state index < -0.39 is 11.7 Å². The van der Waals surface area contributed by atoms with Crippen LogP contribution in [0.15, 0.2) is 41.8 Å². The van der Waals surface area contributed by atoms with Crippen LogP contribution in [0.4, 0.5) is 13.2 Å². The van der Waals surface area contributed by atoms with Gasteiger partial charge in [0.15, 0.2) is 5.16 Å². The molecule has 0 saturated heterocycles. The predicted octanol–water partition coefficient (Wildman–Crippen LogP) is 3.48. The predicted molar refractivity (Wildman–Crippen MR) is 72.6 cm³/mol. The second kappa shape index (κ2) is 6.32. The molecular weight excluding hydrogens is 287 g/mol. The molecule has 0 fully saturated rings. The molecule has 1 aromatic carbocycles. The maximum atomic E-state index is 12.7. The van der Waals surface area contributed by atoms with Crippen LogP contribution in [0.25, 0.3) is 0 Å². The topological polar surface area (TPSA) is 40.7 Å². The molecule has 7 heteroatoms.